The van der Waals surface area contributed by atoms with Crippen molar-refractivity contribution in [2.24, 2.45) is 10.9 Å². The number of ether oxygens (including phenoxy) is 2. The third-order valence-electron chi connectivity index (χ3n) is 5.37. The van der Waals surface area contributed by atoms with E-state index in [-0.39, 0.29) is 24.4 Å². The number of carbonyl (C=O) groups is 1. The van der Waals surface area contributed by atoms with Crippen molar-refractivity contribution in [3.63, 3.8) is 0 Å². The Hall–Kier alpha value is -3.22. The number of rotatable bonds is 12. The van der Waals surface area contributed by atoms with Crippen molar-refractivity contribution in [1.29, 1.82) is 0 Å². The van der Waals surface area contributed by atoms with Crippen molar-refractivity contribution in [2.75, 3.05) is 18.1 Å². The SMILES string of the molecule is CC(C)N(C(=O)c1ccc(OCCCCCOc2ccc(C=NN)cc2)cc1Cl)c1ccccc1.Cl. The van der Waals surface area contributed by atoms with Gasteiger partial charge in [0.25, 0.3) is 5.91 Å². The Labute approximate surface area is 224 Å². The fourth-order valence-electron chi connectivity index (χ4n) is 3.62. The predicted molar refractivity (Wildman–Crippen MR) is 150 cm³/mol. The molecule has 36 heavy (non-hydrogen) atoms. The first kappa shape index (κ1) is 29.0. The van der Waals surface area contributed by atoms with E-state index in [9.17, 15) is 4.79 Å². The summed E-state index contributed by atoms with van der Waals surface area (Å²) in [5.41, 5.74) is 2.23. The number of benzene rings is 3. The van der Waals surface area contributed by atoms with Crippen LogP contribution in [0.2, 0.25) is 5.02 Å². The van der Waals surface area contributed by atoms with Crippen molar-refractivity contribution in [3.8, 4) is 11.5 Å². The van der Waals surface area contributed by atoms with Gasteiger partial charge in [0.05, 0.1) is 30.0 Å². The molecule has 0 saturated carbocycles. The van der Waals surface area contributed by atoms with Gasteiger partial charge in [0.1, 0.15) is 11.5 Å². The first-order valence-corrected chi connectivity index (χ1v) is 12.1. The molecule has 0 heterocycles. The summed E-state index contributed by atoms with van der Waals surface area (Å²) in [6, 6.07) is 22.4. The van der Waals surface area contributed by atoms with Gasteiger partial charge in [0.15, 0.2) is 0 Å². The van der Waals surface area contributed by atoms with Gasteiger partial charge in [0.2, 0.25) is 0 Å². The van der Waals surface area contributed by atoms with E-state index in [0.29, 0.717) is 29.5 Å². The number of hydrogen-bond donors (Lipinski definition) is 1. The van der Waals surface area contributed by atoms with E-state index < -0.39 is 0 Å². The summed E-state index contributed by atoms with van der Waals surface area (Å²) in [4.78, 5) is 14.9. The average molecular weight is 530 g/mol. The average Bonchev–Trinajstić information content (AvgIpc) is 2.85. The number of hydrogen-bond acceptors (Lipinski definition) is 5. The molecule has 0 spiro atoms. The van der Waals surface area contributed by atoms with E-state index in [1.807, 2.05) is 68.4 Å². The van der Waals surface area contributed by atoms with Gasteiger partial charge in [0, 0.05) is 11.7 Å². The van der Waals surface area contributed by atoms with E-state index in [1.54, 1.807) is 29.3 Å². The summed E-state index contributed by atoms with van der Waals surface area (Å²) in [6.45, 7) is 5.17. The number of para-hydroxylation sites is 1. The molecule has 6 nitrogen and oxygen atoms in total. The first-order chi connectivity index (χ1) is 17.0. The van der Waals surface area contributed by atoms with Crippen LogP contribution in [-0.4, -0.2) is 31.4 Å². The Balaban J connectivity index is 0.00000456. The van der Waals surface area contributed by atoms with E-state index in [0.717, 1.165) is 36.3 Å². The topological polar surface area (TPSA) is 77.2 Å². The van der Waals surface area contributed by atoms with Gasteiger partial charge in [-0.15, -0.1) is 12.4 Å². The van der Waals surface area contributed by atoms with Crippen LogP contribution in [-0.2, 0) is 0 Å². The van der Waals surface area contributed by atoms with Gasteiger partial charge in [-0.1, -0.05) is 29.8 Å². The highest BCUT2D eigenvalue weighted by Gasteiger charge is 2.22. The molecule has 0 atom stereocenters. The first-order valence-electron chi connectivity index (χ1n) is 11.8. The summed E-state index contributed by atoms with van der Waals surface area (Å²) in [5, 5.41) is 3.88. The zero-order valence-corrected chi connectivity index (χ0v) is 22.2. The second-order valence-corrected chi connectivity index (χ2v) is 8.76. The molecule has 0 radical (unpaired) electrons. The molecule has 0 unspecified atom stereocenters. The lowest BCUT2D eigenvalue weighted by Gasteiger charge is -2.27. The number of anilines is 1. The fourth-order valence-corrected chi connectivity index (χ4v) is 3.88. The Morgan fingerprint density at radius 1 is 0.944 bits per heavy atom. The zero-order chi connectivity index (χ0) is 25.0. The molecule has 1 amide bonds. The highest BCUT2D eigenvalue weighted by atomic mass is 35.5. The Kier molecular flexibility index (Phi) is 12.1. The molecule has 2 N–H and O–H groups in total. The molecule has 0 aliphatic rings. The minimum absolute atomic E-state index is 0. The lowest BCUT2D eigenvalue weighted by atomic mass is 10.1. The van der Waals surface area contributed by atoms with E-state index in [2.05, 4.69) is 5.10 Å². The highest BCUT2D eigenvalue weighted by molar-refractivity contribution is 6.34. The molecule has 0 bridgehead atoms. The molecule has 0 saturated heterocycles. The maximum atomic E-state index is 13.2. The second kappa shape index (κ2) is 15.0. The van der Waals surface area contributed by atoms with Gasteiger partial charge in [-0.05, 0) is 93.3 Å². The second-order valence-electron chi connectivity index (χ2n) is 8.35. The third kappa shape index (κ3) is 8.47. The van der Waals surface area contributed by atoms with Crippen LogP contribution in [0.15, 0.2) is 77.9 Å². The monoisotopic (exact) mass is 529 g/mol. The third-order valence-corrected chi connectivity index (χ3v) is 5.68. The standard InChI is InChI=1S/C28H32ClN3O3.ClH/c1-21(2)32(23-9-5-3-6-10-23)28(33)26-16-15-25(19-27(26)29)35-18-8-4-7-17-34-24-13-11-22(12-14-24)20-31-30;/h3,5-6,9-16,19-21H,4,7-8,17-18,30H2,1-2H3;1H. The number of nitrogens with zero attached hydrogens (tertiary/aromatic N) is 2. The van der Waals surface area contributed by atoms with Crippen LogP contribution >= 0.6 is 24.0 Å². The summed E-state index contributed by atoms with van der Waals surface area (Å²) in [7, 11) is 0. The predicted octanol–water partition coefficient (Wildman–Crippen LogP) is 6.74. The maximum Gasteiger partial charge on any atom is 0.260 e. The smallest absolute Gasteiger partial charge is 0.260 e. The Bertz CT molecular complexity index is 1110. The quantitative estimate of drug-likeness (QED) is 0.122. The maximum absolute atomic E-state index is 13.2. The molecule has 0 aliphatic carbocycles. The van der Waals surface area contributed by atoms with Crippen LogP contribution in [0.1, 0.15) is 49.0 Å². The number of amides is 1. The lowest BCUT2D eigenvalue weighted by molar-refractivity contribution is 0.0980. The summed E-state index contributed by atoms with van der Waals surface area (Å²) in [5.74, 6) is 6.49. The van der Waals surface area contributed by atoms with E-state index in [4.69, 9.17) is 26.9 Å². The molecule has 3 aromatic carbocycles. The van der Waals surface area contributed by atoms with E-state index in [1.165, 1.54) is 0 Å². The highest BCUT2D eigenvalue weighted by Crippen LogP contribution is 2.27. The molecule has 3 aromatic rings. The fraction of sp³-hybridized carbons (Fsp3) is 0.286. The molecule has 0 aliphatic heterocycles. The van der Waals surface area contributed by atoms with Gasteiger partial charge >= 0.3 is 0 Å². The van der Waals surface area contributed by atoms with Crippen LogP contribution < -0.4 is 20.2 Å². The molecule has 8 heteroatoms. The van der Waals surface area contributed by atoms with Gasteiger partial charge in [-0.25, -0.2) is 0 Å². The number of halogens is 2. The molecular formula is C28H33Cl2N3O3. The minimum atomic E-state index is -0.134. The normalized spacial score (nSPS) is 10.8. The summed E-state index contributed by atoms with van der Waals surface area (Å²) < 4.78 is 11.6. The van der Waals surface area contributed by atoms with Crippen molar-refractivity contribution in [1.82, 2.24) is 0 Å². The number of nitrogens with two attached hydrogens (primary N) is 1. The van der Waals surface area contributed by atoms with Crippen molar-refractivity contribution in [3.05, 3.63) is 88.9 Å². The van der Waals surface area contributed by atoms with Crippen LogP contribution in [0.4, 0.5) is 5.69 Å². The zero-order valence-electron chi connectivity index (χ0n) is 20.6. The molecular weight excluding hydrogens is 497 g/mol. The van der Waals surface area contributed by atoms with Crippen LogP contribution in [0.5, 0.6) is 11.5 Å². The molecule has 0 aromatic heterocycles. The Morgan fingerprint density at radius 3 is 2.14 bits per heavy atom. The van der Waals surface area contributed by atoms with Crippen LogP contribution in [0.3, 0.4) is 0 Å². The van der Waals surface area contributed by atoms with Gasteiger partial charge in [-0.2, -0.15) is 5.10 Å². The van der Waals surface area contributed by atoms with Crippen molar-refractivity contribution in [2.45, 2.75) is 39.2 Å². The van der Waals surface area contributed by atoms with Crippen molar-refractivity contribution >= 4 is 41.8 Å². The number of carbonyl (C=O) groups excluding carboxylic acids is 1. The lowest BCUT2D eigenvalue weighted by Crippen LogP contribution is -2.37. The number of hydrazone groups is 1. The van der Waals surface area contributed by atoms with Crippen molar-refractivity contribution < 1.29 is 14.3 Å². The van der Waals surface area contributed by atoms with E-state index >= 15 is 0 Å². The molecule has 192 valence electrons. The molecule has 3 rings (SSSR count). The number of unbranched alkanes of at least 4 members (excludes halogenated alkanes) is 2. The molecule has 0 fully saturated rings. The van der Waals surface area contributed by atoms with Crippen LogP contribution in [0, 0.1) is 0 Å². The van der Waals surface area contributed by atoms with Gasteiger partial charge in [-0.3, -0.25) is 4.79 Å². The summed E-state index contributed by atoms with van der Waals surface area (Å²) in [6.07, 6.45) is 4.38. The summed E-state index contributed by atoms with van der Waals surface area (Å²) >= 11 is 6.47. The van der Waals surface area contributed by atoms with Gasteiger partial charge < -0.3 is 20.2 Å². The Morgan fingerprint density at radius 2 is 1.56 bits per heavy atom. The minimum Gasteiger partial charge on any atom is -0.494 e. The van der Waals surface area contributed by atoms with Crippen LogP contribution in [0.25, 0.3) is 0 Å². The largest absolute Gasteiger partial charge is 0.494 e.